The minimum absolute atomic E-state index is 0.249. The molecule has 6 nitrogen and oxygen atoms in total. The van der Waals surface area contributed by atoms with Crippen LogP contribution in [0.1, 0.15) is 15.9 Å². The second kappa shape index (κ2) is 8.87. The van der Waals surface area contributed by atoms with E-state index in [-0.39, 0.29) is 11.7 Å². The van der Waals surface area contributed by atoms with Gasteiger partial charge in [-0.3, -0.25) is 4.79 Å². The average molecular weight is 478 g/mol. The summed E-state index contributed by atoms with van der Waals surface area (Å²) < 4.78 is 23.2. The van der Waals surface area contributed by atoms with E-state index >= 15 is 0 Å². The van der Waals surface area contributed by atoms with Gasteiger partial charge >= 0.3 is 0 Å². The lowest BCUT2D eigenvalue weighted by molar-refractivity contribution is 0.102. The number of aromatic nitrogens is 1. The number of hydrogen-bond donors (Lipinski definition) is 2. The van der Waals surface area contributed by atoms with Gasteiger partial charge in [-0.2, -0.15) is 0 Å². The SMILES string of the molecule is NS(=O)(=O)Cc1ccc(NC(=O)c2ccccc2Sc2ccc(Br)cn2)cc1. The number of carbonyl (C=O) groups is 1. The fourth-order valence-electron chi connectivity index (χ4n) is 2.39. The summed E-state index contributed by atoms with van der Waals surface area (Å²) in [6.07, 6.45) is 1.70. The van der Waals surface area contributed by atoms with Gasteiger partial charge in [0.25, 0.3) is 5.91 Å². The van der Waals surface area contributed by atoms with Crippen molar-refractivity contribution >= 4 is 49.3 Å². The molecule has 0 fully saturated rings. The molecule has 0 aliphatic carbocycles. The van der Waals surface area contributed by atoms with Crippen LogP contribution >= 0.6 is 27.7 Å². The molecule has 28 heavy (non-hydrogen) atoms. The summed E-state index contributed by atoms with van der Waals surface area (Å²) in [4.78, 5) is 17.8. The van der Waals surface area contributed by atoms with Gasteiger partial charge in [0.15, 0.2) is 0 Å². The van der Waals surface area contributed by atoms with Crippen molar-refractivity contribution in [2.45, 2.75) is 15.7 Å². The zero-order valence-electron chi connectivity index (χ0n) is 14.5. The molecule has 1 aromatic heterocycles. The fraction of sp³-hybridized carbons (Fsp3) is 0.0526. The Morgan fingerprint density at radius 1 is 1.07 bits per heavy atom. The Morgan fingerprint density at radius 3 is 2.43 bits per heavy atom. The molecule has 0 atom stereocenters. The minimum atomic E-state index is -3.59. The summed E-state index contributed by atoms with van der Waals surface area (Å²) in [7, 11) is -3.59. The molecule has 144 valence electrons. The predicted octanol–water partition coefficient (Wildman–Crippen LogP) is 4.04. The van der Waals surface area contributed by atoms with Crippen LogP contribution < -0.4 is 10.5 Å². The number of halogens is 1. The zero-order chi connectivity index (χ0) is 20.1. The first-order chi connectivity index (χ1) is 13.3. The lowest BCUT2D eigenvalue weighted by atomic mass is 10.2. The highest BCUT2D eigenvalue weighted by molar-refractivity contribution is 9.10. The van der Waals surface area contributed by atoms with E-state index in [2.05, 4.69) is 26.2 Å². The van der Waals surface area contributed by atoms with E-state index in [1.807, 2.05) is 24.3 Å². The number of rotatable bonds is 6. The molecular weight excluding hydrogens is 462 g/mol. The summed E-state index contributed by atoms with van der Waals surface area (Å²) in [6.45, 7) is 0. The van der Waals surface area contributed by atoms with Gasteiger partial charge in [-0.05, 0) is 57.9 Å². The highest BCUT2D eigenvalue weighted by Crippen LogP contribution is 2.30. The van der Waals surface area contributed by atoms with Gasteiger partial charge in [0.2, 0.25) is 10.0 Å². The predicted molar refractivity (Wildman–Crippen MR) is 114 cm³/mol. The third kappa shape index (κ3) is 5.90. The molecule has 3 rings (SSSR count). The van der Waals surface area contributed by atoms with Gasteiger partial charge in [0, 0.05) is 21.3 Å². The molecule has 0 saturated heterocycles. The third-order valence-electron chi connectivity index (χ3n) is 3.63. The second-order valence-corrected chi connectivity index (χ2v) is 9.46. The Kier molecular flexibility index (Phi) is 6.50. The van der Waals surface area contributed by atoms with Crippen molar-refractivity contribution < 1.29 is 13.2 Å². The van der Waals surface area contributed by atoms with E-state index in [1.54, 1.807) is 42.6 Å². The molecular formula is C19H16BrN3O3S2. The zero-order valence-corrected chi connectivity index (χ0v) is 17.7. The Bertz CT molecular complexity index is 1090. The van der Waals surface area contributed by atoms with Crippen LogP contribution in [0.2, 0.25) is 0 Å². The number of amides is 1. The molecule has 0 aliphatic heterocycles. The first-order valence-electron chi connectivity index (χ1n) is 8.09. The Morgan fingerprint density at radius 2 is 1.79 bits per heavy atom. The van der Waals surface area contributed by atoms with Crippen LogP contribution in [-0.4, -0.2) is 19.3 Å². The van der Waals surface area contributed by atoms with Crippen molar-refractivity contribution in [1.29, 1.82) is 0 Å². The lowest BCUT2D eigenvalue weighted by Crippen LogP contribution is -2.15. The van der Waals surface area contributed by atoms with Gasteiger partial charge in [0.1, 0.15) is 5.03 Å². The highest BCUT2D eigenvalue weighted by Gasteiger charge is 2.13. The van der Waals surface area contributed by atoms with Gasteiger partial charge in [-0.25, -0.2) is 18.5 Å². The van der Waals surface area contributed by atoms with Crippen LogP contribution in [0.3, 0.4) is 0 Å². The van der Waals surface area contributed by atoms with Crippen LogP contribution in [0.4, 0.5) is 5.69 Å². The van der Waals surface area contributed by atoms with E-state index in [4.69, 9.17) is 5.14 Å². The van der Waals surface area contributed by atoms with Gasteiger partial charge < -0.3 is 5.32 Å². The standard InChI is InChI=1S/C19H16BrN3O3S2/c20-14-7-10-18(22-11-14)27-17-4-2-1-3-16(17)19(24)23-15-8-5-13(6-9-15)12-28(21,25)26/h1-11H,12H2,(H,23,24)(H2,21,25,26). The topological polar surface area (TPSA) is 102 Å². The van der Waals surface area contributed by atoms with Gasteiger partial charge in [-0.15, -0.1) is 0 Å². The van der Waals surface area contributed by atoms with Crippen molar-refractivity contribution in [3.05, 3.63) is 82.5 Å². The number of primary sulfonamides is 1. The number of sulfonamides is 1. The van der Waals surface area contributed by atoms with E-state index < -0.39 is 10.0 Å². The monoisotopic (exact) mass is 477 g/mol. The van der Waals surface area contributed by atoms with Crippen molar-refractivity contribution in [2.75, 3.05) is 5.32 Å². The van der Waals surface area contributed by atoms with E-state index in [0.29, 0.717) is 16.8 Å². The van der Waals surface area contributed by atoms with Crippen LogP contribution in [0.15, 0.2) is 81.3 Å². The third-order valence-corrected chi connectivity index (χ3v) is 5.86. The quantitative estimate of drug-likeness (QED) is 0.557. The largest absolute Gasteiger partial charge is 0.322 e. The lowest BCUT2D eigenvalue weighted by Gasteiger charge is -2.10. The average Bonchev–Trinajstić information content (AvgIpc) is 2.64. The van der Waals surface area contributed by atoms with Crippen molar-refractivity contribution in [2.24, 2.45) is 5.14 Å². The van der Waals surface area contributed by atoms with Crippen molar-refractivity contribution in [3.63, 3.8) is 0 Å². The number of pyridine rings is 1. The Balaban J connectivity index is 1.75. The number of hydrogen-bond acceptors (Lipinski definition) is 5. The Labute approximate surface area is 175 Å². The van der Waals surface area contributed by atoms with E-state index in [0.717, 1.165) is 14.4 Å². The maximum absolute atomic E-state index is 12.7. The minimum Gasteiger partial charge on any atom is -0.322 e. The molecule has 1 amide bonds. The molecule has 2 aromatic carbocycles. The summed E-state index contributed by atoms with van der Waals surface area (Å²) >= 11 is 4.75. The molecule has 3 aromatic rings. The molecule has 3 N–H and O–H groups in total. The first kappa shape index (κ1) is 20.5. The maximum atomic E-state index is 12.7. The normalized spacial score (nSPS) is 11.2. The van der Waals surface area contributed by atoms with Crippen LogP contribution in [-0.2, 0) is 15.8 Å². The molecule has 0 unspecified atom stereocenters. The number of nitrogens with one attached hydrogen (secondary N) is 1. The highest BCUT2D eigenvalue weighted by atomic mass is 79.9. The number of anilines is 1. The summed E-state index contributed by atoms with van der Waals surface area (Å²) in [5, 5.41) is 8.64. The number of carbonyl (C=O) groups excluding carboxylic acids is 1. The summed E-state index contributed by atoms with van der Waals surface area (Å²) in [6, 6.07) is 17.5. The molecule has 1 heterocycles. The maximum Gasteiger partial charge on any atom is 0.256 e. The molecule has 0 radical (unpaired) electrons. The summed E-state index contributed by atoms with van der Waals surface area (Å²) in [5.41, 5.74) is 1.63. The molecule has 0 spiro atoms. The second-order valence-electron chi connectivity index (χ2n) is 5.87. The van der Waals surface area contributed by atoms with Crippen LogP contribution in [0.25, 0.3) is 0 Å². The number of benzene rings is 2. The number of nitrogens with two attached hydrogens (primary N) is 1. The molecule has 0 saturated carbocycles. The molecule has 0 aliphatic rings. The van der Waals surface area contributed by atoms with Crippen molar-refractivity contribution in [1.82, 2.24) is 4.98 Å². The smallest absolute Gasteiger partial charge is 0.256 e. The Hall–Kier alpha value is -2.20. The van der Waals surface area contributed by atoms with Crippen LogP contribution in [0, 0.1) is 0 Å². The number of nitrogens with zero attached hydrogens (tertiary/aromatic N) is 1. The molecule has 9 heteroatoms. The van der Waals surface area contributed by atoms with Gasteiger partial charge in [0.05, 0.1) is 11.3 Å². The van der Waals surface area contributed by atoms with E-state index in [1.165, 1.54) is 11.8 Å². The van der Waals surface area contributed by atoms with E-state index in [9.17, 15) is 13.2 Å². The first-order valence-corrected chi connectivity index (χ1v) is 11.4. The summed E-state index contributed by atoms with van der Waals surface area (Å²) in [5.74, 6) is -0.514. The molecule has 0 bridgehead atoms. The van der Waals surface area contributed by atoms with Crippen molar-refractivity contribution in [3.8, 4) is 0 Å². The van der Waals surface area contributed by atoms with Crippen LogP contribution in [0.5, 0.6) is 0 Å². The van der Waals surface area contributed by atoms with Gasteiger partial charge in [-0.1, -0.05) is 36.0 Å². The fourth-order valence-corrected chi connectivity index (χ4v) is 4.17.